The molecule has 0 aromatic heterocycles. The van der Waals surface area contributed by atoms with Crippen LogP contribution in [-0.4, -0.2) is 36.9 Å². The van der Waals surface area contributed by atoms with E-state index in [-0.39, 0.29) is 13.0 Å². The van der Waals surface area contributed by atoms with Crippen LogP contribution in [0.3, 0.4) is 0 Å². The molecule has 0 aromatic rings. The summed E-state index contributed by atoms with van der Waals surface area (Å²) in [5.41, 5.74) is 0. The molecule has 0 unspecified atom stereocenters. The van der Waals surface area contributed by atoms with Gasteiger partial charge in [-0.3, -0.25) is 0 Å². The molecule has 1 rings (SSSR count). The van der Waals surface area contributed by atoms with Gasteiger partial charge in [-0.05, 0) is 20.8 Å². The fourth-order valence-corrected chi connectivity index (χ4v) is 1.53. The lowest BCUT2D eigenvalue weighted by atomic mass is 10.1. The van der Waals surface area contributed by atoms with Crippen LogP contribution in [0.1, 0.15) is 27.2 Å². The zero-order valence-corrected chi connectivity index (χ0v) is 9.19. The second-order valence-corrected chi connectivity index (χ2v) is 3.75. The van der Waals surface area contributed by atoms with Crippen molar-refractivity contribution < 1.29 is 23.8 Å². The predicted molar refractivity (Wildman–Crippen MR) is 51.1 cm³/mol. The zero-order chi connectivity index (χ0) is 11.5. The van der Waals surface area contributed by atoms with E-state index in [0.717, 1.165) is 0 Å². The van der Waals surface area contributed by atoms with Crippen LogP contribution in [0.25, 0.3) is 0 Å². The van der Waals surface area contributed by atoms with Crippen LogP contribution in [0.5, 0.6) is 0 Å². The molecule has 5 nitrogen and oxygen atoms in total. The Morgan fingerprint density at radius 1 is 1.47 bits per heavy atom. The summed E-state index contributed by atoms with van der Waals surface area (Å²) >= 11 is 0. The van der Waals surface area contributed by atoms with E-state index in [1.54, 1.807) is 20.8 Å². The number of esters is 1. The highest BCUT2D eigenvalue weighted by Gasteiger charge is 2.45. The molecular formula is C10H16O5. The Morgan fingerprint density at radius 2 is 2.13 bits per heavy atom. The van der Waals surface area contributed by atoms with Crippen LogP contribution >= 0.6 is 0 Å². The summed E-state index contributed by atoms with van der Waals surface area (Å²) < 4.78 is 15.6. The van der Waals surface area contributed by atoms with Gasteiger partial charge in [0.2, 0.25) is 0 Å². The molecule has 0 spiro atoms. The Balaban J connectivity index is 2.67. The first-order valence-electron chi connectivity index (χ1n) is 4.96. The number of rotatable bonds is 4. The Morgan fingerprint density at radius 3 is 2.67 bits per heavy atom. The van der Waals surface area contributed by atoms with E-state index in [1.165, 1.54) is 0 Å². The average molecular weight is 216 g/mol. The maximum Gasteiger partial charge on any atom is 0.338 e. The summed E-state index contributed by atoms with van der Waals surface area (Å²) in [6.45, 7) is 5.40. The van der Waals surface area contributed by atoms with E-state index < -0.39 is 24.0 Å². The lowest BCUT2D eigenvalue weighted by Gasteiger charge is -2.16. The monoisotopic (exact) mass is 216 g/mol. The molecule has 0 saturated carbocycles. The van der Waals surface area contributed by atoms with Crippen molar-refractivity contribution >= 4 is 12.3 Å². The first-order valence-corrected chi connectivity index (χ1v) is 4.96. The summed E-state index contributed by atoms with van der Waals surface area (Å²) in [6, 6.07) is 0. The zero-order valence-electron chi connectivity index (χ0n) is 9.19. The third kappa shape index (κ3) is 3.00. The second-order valence-electron chi connectivity index (χ2n) is 3.75. The van der Waals surface area contributed by atoms with Crippen LogP contribution in [0, 0.1) is 0 Å². The van der Waals surface area contributed by atoms with Gasteiger partial charge in [-0.15, -0.1) is 0 Å². The standard InChI is InChI=1S/C10H16O5/c1-4-13-9(12)8-7(5-6-11)14-10(2,3)15-8/h6-8H,4-5H2,1-3H3/t7-,8+/m1/s1. The Kier molecular flexibility index (Phi) is 3.82. The largest absolute Gasteiger partial charge is 0.464 e. The van der Waals surface area contributed by atoms with Crippen molar-refractivity contribution in [2.75, 3.05) is 6.61 Å². The SMILES string of the molecule is CCOC(=O)[C@H]1OC(C)(C)O[C@@H]1CC=O. The summed E-state index contributed by atoms with van der Waals surface area (Å²) in [4.78, 5) is 21.9. The third-order valence-electron chi connectivity index (χ3n) is 2.03. The Hall–Kier alpha value is -0.940. The maximum absolute atomic E-state index is 11.5. The Bertz CT molecular complexity index is 248. The number of carbonyl (C=O) groups excluding carboxylic acids is 2. The molecule has 1 aliphatic heterocycles. The highest BCUT2D eigenvalue weighted by molar-refractivity contribution is 5.76. The minimum Gasteiger partial charge on any atom is -0.464 e. The van der Waals surface area contributed by atoms with Gasteiger partial charge in [-0.1, -0.05) is 0 Å². The summed E-state index contributed by atoms with van der Waals surface area (Å²) in [5.74, 6) is -1.32. The fraction of sp³-hybridized carbons (Fsp3) is 0.800. The molecule has 5 heteroatoms. The topological polar surface area (TPSA) is 61.8 Å². The van der Waals surface area contributed by atoms with Gasteiger partial charge in [0, 0.05) is 6.42 Å². The fourth-order valence-electron chi connectivity index (χ4n) is 1.53. The predicted octanol–water partition coefficient (Wildman–Crippen LogP) is 0.659. The molecule has 0 aliphatic carbocycles. The van der Waals surface area contributed by atoms with Crippen LogP contribution in [-0.2, 0) is 23.8 Å². The van der Waals surface area contributed by atoms with E-state index in [0.29, 0.717) is 6.29 Å². The van der Waals surface area contributed by atoms with Crippen molar-refractivity contribution in [3.8, 4) is 0 Å². The molecule has 0 amide bonds. The van der Waals surface area contributed by atoms with Crippen LogP contribution in [0.4, 0.5) is 0 Å². The van der Waals surface area contributed by atoms with Gasteiger partial charge in [-0.2, -0.15) is 0 Å². The van der Waals surface area contributed by atoms with Crippen LogP contribution in [0.15, 0.2) is 0 Å². The van der Waals surface area contributed by atoms with Crippen molar-refractivity contribution in [2.45, 2.75) is 45.2 Å². The first-order chi connectivity index (χ1) is 7.00. The van der Waals surface area contributed by atoms with Gasteiger partial charge < -0.3 is 19.0 Å². The van der Waals surface area contributed by atoms with Gasteiger partial charge in [0.25, 0.3) is 0 Å². The van der Waals surface area contributed by atoms with Gasteiger partial charge in [0.05, 0.1) is 6.61 Å². The third-order valence-corrected chi connectivity index (χ3v) is 2.03. The van der Waals surface area contributed by atoms with E-state index in [4.69, 9.17) is 14.2 Å². The number of aldehydes is 1. The molecule has 0 N–H and O–H groups in total. The lowest BCUT2D eigenvalue weighted by Crippen LogP contribution is -2.33. The highest BCUT2D eigenvalue weighted by Crippen LogP contribution is 2.30. The van der Waals surface area contributed by atoms with E-state index >= 15 is 0 Å². The van der Waals surface area contributed by atoms with Crippen molar-refractivity contribution in [2.24, 2.45) is 0 Å². The Labute approximate surface area is 88.7 Å². The molecule has 1 fully saturated rings. The van der Waals surface area contributed by atoms with Gasteiger partial charge in [0.15, 0.2) is 11.9 Å². The smallest absolute Gasteiger partial charge is 0.338 e. The first kappa shape index (κ1) is 12.1. The molecule has 2 atom stereocenters. The minimum atomic E-state index is -0.842. The molecule has 1 aliphatic rings. The van der Waals surface area contributed by atoms with E-state index in [9.17, 15) is 9.59 Å². The molecule has 15 heavy (non-hydrogen) atoms. The van der Waals surface area contributed by atoms with Crippen LogP contribution in [0.2, 0.25) is 0 Å². The summed E-state index contributed by atoms with van der Waals surface area (Å²) in [6.07, 6.45) is -0.504. The maximum atomic E-state index is 11.5. The van der Waals surface area contributed by atoms with Crippen LogP contribution < -0.4 is 0 Å². The molecular weight excluding hydrogens is 200 g/mol. The normalized spacial score (nSPS) is 28.7. The number of carbonyl (C=O) groups is 2. The number of hydrogen-bond acceptors (Lipinski definition) is 5. The van der Waals surface area contributed by atoms with Crippen molar-refractivity contribution in [3.05, 3.63) is 0 Å². The van der Waals surface area contributed by atoms with Crippen molar-refractivity contribution in [3.63, 3.8) is 0 Å². The minimum absolute atomic E-state index is 0.132. The van der Waals surface area contributed by atoms with Gasteiger partial charge >= 0.3 is 5.97 Å². The van der Waals surface area contributed by atoms with Gasteiger partial charge in [-0.25, -0.2) is 4.79 Å². The highest BCUT2D eigenvalue weighted by atomic mass is 16.8. The second kappa shape index (κ2) is 4.72. The molecule has 1 saturated heterocycles. The lowest BCUT2D eigenvalue weighted by molar-refractivity contribution is -0.170. The van der Waals surface area contributed by atoms with E-state index in [2.05, 4.69) is 0 Å². The van der Waals surface area contributed by atoms with Gasteiger partial charge in [0.1, 0.15) is 12.4 Å². The molecule has 0 radical (unpaired) electrons. The van der Waals surface area contributed by atoms with Crippen molar-refractivity contribution in [1.82, 2.24) is 0 Å². The molecule has 0 aromatic carbocycles. The number of ether oxygens (including phenoxy) is 3. The number of hydrogen-bond donors (Lipinski definition) is 0. The molecule has 1 heterocycles. The molecule has 86 valence electrons. The van der Waals surface area contributed by atoms with Crippen molar-refractivity contribution in [1.29, 1.82) is 0 Å². The van der Waals surface area contributed by atoms with E-state index in [1.807, 2.05) is 0 Å². The average Bonchev–Trinajstić information content (AvgIpc) is 2.42. The quantitative estimate of drug-likeness (QED) is 0.510. The molecule has 0 bridgehead atoms. The summed E-state index contributed by atoms with van der Waals surface area (Å²) in [7, 11) is 0. The summed E-state index contributed by atoms with van der Waals surface area (Å²) in [5, 5.41) is 0.